The van der Waals surface area contributed by atoms with E-state index in [1.807, 2.05) is 24.3 Å². The van der Waals surface area contributed by atoms with Crippen molar-refractivity contribution in [1.29, 1.82) is 0 Å². The van der Waals surface area contributed by atoms with E-state index in [1.54, 1.807) is 36.4 Å². The largest absolute Gasteiger partial charge is 0.486 e. The van der Waals surface area contributed by atoms with Gasteiger partial charge in [-0.05, 0) is 67.6 Å². The molecule has 1 N–H and O–H groups in total. The molecule has 1 aromatic heterocycles. The summed E-state index contributed by atoms with van der Waals surface area (Å²) in [7, 11) is 0. The molecule has 0 bridgehead atoms. The van der Waals surface area contributed by atoms with Crippen LogP contribution >= 0.6 is 15.9 Å². The molecule has 1 amide bonds. The Bertz CT molecular complexity index is 914. The van der Waals surface area contributed by atoms with Gasteiger partial charge in [0.25, 0.3) is 5.91 Å². The van der Waals surface area contributed by atoms with Gasteiger partial charge in [0.15, 0.2) is 11.5 Å². The number of amides is 1. The Labute approximate surface area is 159 Å². The molecule has 6 heteroatoms. The van der Waals surface area contributed by atoms with Gasteiger partial charge < -0.3 is 14.5 Å². The van der Waals surface area contributed by atoms with Crippen molar-refractivity contribution < 1.29 is 18.7 Å². The molecule has 26 heavy (non-hydrogen) atoms. The molecule has 1 heterocycles. The Morgan fingerprint density at radius 1 is 1.00 bits per heavy atom. The lowest BCUT2D eigenvalue weighted by molar-refractivity contribution is 0.0990. The number of nitrogens with one attached hydrogen (secondary N) is 1. The Morgan fingerprint density at radius 3 is 2.35 bits per heavy atom. The number of benzene rings is 2. The molecule has 0 saturated heterocycles. The van der Waals surface area contributed by atoms with Crippen LogP contribution in [0.2, 0.25) is 0 Å². The molecule has 0 aliphatic heterocycles. The predicted molar refractivity (Wildman–Crippen MR) is 102 cm³/mol. The maximum atomic E-state index is 12.2. The molecule has 0 spiro atoms. The van der Waals surface area contributed by atoms with Crippen molar-refractivity contribution in [3.05, 3.63) is 82.2 Å². The highest BCUT2D eigenvalue weighted by Crippen LogP contribution is 2.19. The standard InChI is InChI=1S/C20H16BrNO4/c1-13(23)14-2-6-16(7-3-14)22-20(24)19-11-10-18(26-19)12-25-17-8-4-15(21)5-9-17/h2-11H,12H2,1H3,(H,22,24). The number of Topliss-reactive ketones (excluding diaryl/α,β-unsaturated/α-hetero) is 1. The summed E-state index contributed by atoms with van der Waals surface area (Å²) in [4.78, 5) is 23.5. The normalized spacial score (nSPS) is 10.4. The van der Waals surface area contributed by atoms with Crippen molar-refractivity contribution in [1.82, 2.24) is 0 Å². The van der Waals surface area contributed by atoms with E-state index in [1.165, 1.54) is 6.92 Å². The minimum atomic E-state index is -0.365. The van der Waals surface area contributed by atoms with Crippen LogP contribution in [0.15, 0.2) is 69.6 Å². The summed E-state index contributed by atoms with van der Waals surface area (Å²) in [5.41, 5.74) is 1.18. The number of hydrogen-bond acceptors (Lipinski definition) is 4. The second-order valence-electron chi connectivity index (χ2n) is 5.60. The third kappa shape index (κ3) is 4.61. The monoisotopic (exact) mass is 413 g/mol. The van der Waals surface area contributed by atoms with Crippen molar-refractivity contribution in [2.75, 3.05) is 5.32 Å². The molecule has 0 saturated carbocycles. The van der Waals surface area contributed by atoms with E-state index < -0.39 is 0 Å². The average molecular weight is 414 g/mol. The molecule has 132 valence electrons. The van der Waals surface area contributed by atoms with E-state index in [9.17, 15) is 9.59 Å². The summed E-state index contributed by atoms with van der Waals surface area (Å²) in [5.74, 6) is 1.06. The molecule has 0 radical (unpaired) electrons. The number of rotatable bonds is 6. The number of carbonyl (C=O) groups is 2. The summed E-state index contributed by atoms with van der Waals surface area (Å²) >= 11 is 3.36. The van der Waals surface area contributed by atoms with Crippen molar-refractivity contribution in [3.63, 3.8) is 0 Å². The van der Waals surface area contributed by atoms with E-state index in [-0.39, 0.29) is 24.1 Å². The van der Waals surface area contributed by atoms with Crippen LogP contribution in [0.1, 0.15) is 33.6 Å². The first-order valence-corrected chi connectivity index (χ1v) is 8.70. The van der Waals surface area contributed by atoms with Gasteiger partial charge in [0.05, 0.1) is 0 Å². The summed E-state index contributed by atoms with van der Waals surface area (Å²) < 4.78 is 12.1. The number of ether oxygens (including phenoxy) is 1. The minimum Gasteiger partial charge on any atom is -0.486 e. The second kappa shape index (κ2) is 8.01. The Balaban J connectivity index is 1.58. The SMILES string of the molecule is CC(=O)c1ccc(NC(=O)c2ccc(COc3ccc(Br)cc3)o2)cc1. The lowest BCUT2D eigenvalue weighted by Gasteiger charge is -2.05. The van der Waals surface area contributed by atoms with Crippen LogP contribution in [-0.4, -0.2) is 11.7 Å². The highest BCUT2D eigenvalue weighted by atomic mass is 79.9. The van der Waals surface area contributed by atoms with Gasteiger partial charge in [0.2, 0.25) is 0 Å². The van der Waals surface area contributed by atoms with Gasteiger partial charge in [-0.15, -0.1) is 0 Å². The van der Waals surface area contributed by atoms with Gasteiger partial charge in [0.1, 0.15) is 18.1 Å². The van der Waals surface area contributed by atoms with Gasteiger partial charge in [-0.3, -0.25) is 9.59 Å². The molecule has 0 atom stereocenters. The van der Waals surface area contributed by atoms with E-state index in [2.05, 4.69) is 21.2 Å². The third-order valence-corrected chi connectivity index (χ3v) is 4.16. The summed E-state index contributed by atoms with van der Waals surface area (Å²) in [6.45, 7) is 1.72. The van der Waals surface area contributed by atoms with Crippen LogP contribution in [0.5, 0.6) is 5.75 Å². The Kier molecular flexibility index (Phi) is 5.53. The van der Waals surface area contributed by atoms with Crippen LogP contribution < -0.4 is 10.1 Å². The summed E-state index contributed by atoms with van der Waals surface area (Å²) in [6.07, 6.45) is 0. The van der Waals surface area contributed by atoms with E-state index in [0.29, 0.717) is 22.8 Å². The molecular formula is C20H16BrNO4. The van der Waals surface area contributed by atoms with Crippen LogP contribution in [-0.2, 0) is 6.61 Å². The first-order valence-electron chi connectivity index (χ1n) is 7.91. The zero-order valence-corrected chi connectivity index (χ0v) is 15.6. The van der Waals surface area contributed by atoms with Gasteiger partial charge in [-0.2, -0.15) is 0 Å². The third-order valence-electron chi connectivity index (χ3n) is 3.63. The summed E-state index contributed by atoms with van der Waals surface area (Å²) in [5, 5.41) is 2.73. The predicted octanol–water partition coefficient (Wildman–Crippen LogP) is 5.08. The van der Waals surface area contributed by atoms with Crippen molar-refractivity contribution in [2.45, 2.75) is 13.5 Å². The van der Waals surface area contributed by atoms with Crippen molar-refractivity contribution in [3.8, 4) is 5.75 Å². The number of anilines is 1. The molecule has 5 nitrogen and oxygen atoms in total. The first kappa shape index (κ1) is 17.9. The first-order chi connectivity index (χ1) is 12.5. The topological polar surface area (TPSA) is 68.5 Å². The zero-order valence-electron chi connectivity index (χ0n) is 14.0. The van der Waals surface area contributed by atoms with Crippen LogP contribution in [0.4, 0.5) is 5.69 Å². The van der Waals surface area contributed by atoms with Crippen LogP contribution in [0.3, 0.4) is 0 Å². The van der Waals surface area contributed by atoms with Crippen LogP contribution in [0, 0.1) is 0 Å². The molecule has 2 aromatic carbocycles. The number of hydrogen-bond donors (Lipinski definition) is 1. The van der Waals surface area contributed by atoms with Gasteiger partial charge in [-0.1, -0.05) is 15.9 Å². The maximum absolute atomic E-state index is 12.2. The van der Waals surface area contributed by atoms with Gasteiger partial charge in [-0.25, -0.2) is 0 Å². The molecule has 0 unspecified atom stereocenters. The zero-order chi connectivity index (χ0) is 18.5. The van der Waals surface area contributed by atoms with E-state index >= 15 is 0 Å². The van der Waals surface area contributed by atoms with Gasteiger partial charge >= 0.3 is 0 Å². The molecule has 3 rings (SSSR count). The second-order valence-corrected chi connectivity index (χ2v) is 6.51. The maximum Gasteiger partial charge on any atom is 0.291 e. The van der Waals surface area contributed by atoms with Crippen molar-refractivity contribution in [2.24, 2.45) is 0 Å². The quantitative estimate of drug-likeness (QED) is 0.572. The fraction of sp³-hybridized carbons (Fsp3) is 0.100. The minimum absolute atomic E-state index is 0.0238. The number of ketones is 1. The molecule has 3 aromatic rings. The lowest BCUT2D eigenvalue weighted by atomic mass is 10.1. The average Bonchev–Trinajstić information content (AvgIpc) is 3.11. The molecular weight excluding hydrogens is 398 g/mol. The Hall–Kier alpha value is -2.86. The number of carbonyl (C=O) groups excluding carboxylic acids is 2. The number of furan rings is 1. The molecule has 0 aliphatic rings. The van der Waals surface area contributed by atoms with Crippen molar-refractivity contribution >= 4 is 33.3 Å². The highest BCUT2D eigenvalue weighted by molar-refractivity contribution is 9.10. The Morgan fingerprint density at radius 2 is 1.69 bits per heavy atom. The highest BCUT2D eigenvalue weighted by Gasteiger charge is 2.12. The molecule has 0 fully saturated rings. The van der Waals surface area contributed by atoms with E-state index in [4.69, 9.17) is 9.15 Å². The van der Waals surface area contributed by atoms with Crippen LogP contribution in [0.25, 0.3) is 0 Å². The van der Waals surface area contributed by atoms with Gasteiger partial charge in [0, 0.05) is 15.7 Å². The fourth-order valence-corrected chi connectivity index (χ4v) is 2.51. The summed E-state index contributed by atoms with van der Waals surface area (Å²) in [6, 6.07) is 17.4. The van der Waals surface area contributed by atoms with E-state index in [0.717, 1.165) is 4.47 Å². The fourth-order valence-electron chi connectivity index (χ4n) is 2.24. The number of halogens is 1. The molecule has 0 aliphatic carbocycles. The smallest absolute Gasteiger partial charge is 0.291 e. The lowest BCUT2D eigenvalue weighted by Crippen LogP contribution is -2.11.